The standard InChI is InChI=1S/C21H38N2/c1-4-7-10-12-15-20(16-13-11-8-5-2)17-14-19-21(22-23-21)18-9-6-3/h3,20H,4-5,7-19H2,1-2H3. The quantitative estimate of drug-likeness (QED) is 0.211. The lowest BCUT2D eigenvalue weighted by atomic mass is 9.88. The second kappa shape index (κ2) is 12.6. The minimum Gasteiger partial charge on any atom is -0.159 e. The summed E-state index contributed by atoms with van der Waals surface area (Å²) in [6, 6.07) is 0. The third-order valence-corrected chi connectivity index (χ3v) is 5.17. The van der Waals surface area contributed by atoms with Crippen molar-refractivity contribution in [2.75, 3.05) is 0 Å². The molecular weight excluding hydrogens is 280 g/mol. The third-order valence-electron chi connectivity index (χ3n) is 5.17. The average molecular weight is 319 g/mol. The summed E-state index contributed by atoms with van der Waals surface area (Å²) < 4.78 is 0. The van der Waals surface area contributed by atoms with Gasteiger partial charge in [0.25, 0.3) is 0 Å². The number of nitrogens with zero attached hydrogens (tertiary/aromatic N) is 2. The first kappa shape index (κ1) is 20.2. The Bertz CT molecular complexity index is 335. The third kappa shape index (κ3) is 9.80. The van der Waals surface area contributed by atoms with E-state index in [1.54, 1.807) is 0 Å². The number of unbranched alkanes of at least 4 members (excludes halogenated alkanes) is 6. The van der Waals surface area contributed by atoms with Crippen LogP contribution in [-0.2, 0) is 0 Å². The molecule has 0 bridgehead atoms. The van der Waals surface area contributed by atoms with Gasteiger partial charge in [0.2, 0.25) is 0 Å². The SMILES string of the molecule is C#CCCC1(CCCC(CCCCCC)CCCCCC)N=N1. The van der Waals surface area contributed by atoms with Gasteiger partial charge in [0, 0.05) is 12.8 Å². The number of hydrogen-bond donors (Lipinski definition) is 0. The van der Waals surface area contributed by atoms with Gasteiger partial charge in [-0.1, -0.05) is 84.5 Å². The van der Waals surface area contributed by atoms with E-state index < -0.39 is 0 Å². The second-order valence-corrected chi connectivity index (χ2v) is 7.34. The first-order valence-electron chi connectivity index (χ1n) is 10.1. The first-order chi connectivity index (χ1) is 11.3. The van der Waals surface area contributed by atoms with Gasteiger partial charge >= 0.3 is 0 Å². The van der Waals surface area contributed by atoms with Crippen LogP contribution in [0.4, 0.5) is 0 Å². The smallest absolute Gasteiger partial charge is 0.159 e. The highest BCUT2D eigenvalue weighted by atomic mass is 15.4. The van der Waals surface area contributed by atoms with E-state index in [1.807, 2.05) is 0 Å². The fraction of sp³-hybridized carbons (Fsp3) is 0.905. The summed E-state index contributed by atoms with van der Waals surface area (Å²) in [6.45, 7) is 4.58. The van der Waals surface area contributed by atoms with Crippen molar-refractivity contribution in [2.24, 2.45) is 16.1 Å². The van der Waals surface area contributed by atoms with Crippen LogP contribution < -0.4 is 0 Å². The van der Waals surface area contributed by atoms with E-state index in [0.29, 0.717) is 0 Å². The Morgan fingerprint density at radius 3 is 1.83 bits per heavy atom. The fourth-order valence-electron chi connectivity index (χ4n) is 3.49. The number of hydrogen-bond acceptors (Lipinski definition) is 2. The molecule has 0 aromatic rings. The van der Waals surface area contributed by atoms with Crippen LogP contribution in [-0.4, -0.2) is 5.66 Å². The topological polar surface area (TPSA) is 24.7 Å². The molecule has 0 spiro atoms. The van der Waals surface area contributed by atoms with Crippen LogP contribution >= 0.6 is 0 Å². The predicted octanol–water partition coefficient (Wildman–Crippen LogP) is 7.29. The maximum atomic E-state index is 5.37. The van der Waals surface area contributed by atoms with Crippen LogP contribution in [0.3, 0.4) is 0 Å². The molecule has 0 radical (unpaired) electrons. The second-order valence-electron chi connectivity index (χ2n) is 7.34. The van der Waals surface area contributed by atoms with Crippen molar-refractivity contribution in [3.05, 3.63) is 0 Å². The van der Waals surface area contributed by atoms with E-state index in [9.17, 15) is 0 Å². The molecule has 0 N–H and O–H groups in total. The summed E-state index contributed by atoms with van der Waals surface area (Å²) in [5.41, 5.74) is -0.0681. The van der Waals surface area contributed by atoms with Crippen LogP contribution in [0.15, 0.2) is 10.2 Å². The molecule has 0 aliphatic carbocycles. The number of terminal acetylenes is 1. The van der Waals surface area contributed by atoms with E-state index in [4.69, 9.17) is 6.42 Å². The fourth-order valence-corrected chi connectivity index (χ4v) is 3.49. The van der Waals surface area contributed by atoms with Gasteiger partial charge in [0.05, 0.1) is 0 Å². The van der Waals surface area contributed by atoms with Gasteiger partial charge in [-0.05, 0) is 18.8 Å². The highest BCUT2D eigenvalue weighted by Crippen LogP contribution is 2.39. The average Bonchev–Trinajstić information content (AvgIpc) is 3.33. The minimum absolute atomic E-state index is 0.0681. The Hall–Kier alpha value is -0.840. The molecule has 23 heavy (non-hydrogen) atoms. The summed E-state index contributed by atoms with van der Waals surface area (Å²) in [5, 5.41) is 8.54. The van der Waals surface area contributed by atoms with Gasteiger partial charge in [0.15, 0.2) is 5.66 Å². The molecule has 0 aromatic heterocycles. The van der Waals surface area contributed by atoms with Crippen LogP contribution in [0.25, 0.3) is 0 Å². The maximum Gasteiger partial charge on any atom is 0.191 e. The van der Waals surface area contributed by atoms with Crippen LogP contribution in [0.1, 0.15) is 110 Å². The Balaban J connectivity index is 2.20. The summed E-state index contributed by atoms with van der Waals surface area (Å²) in [4.78, 5) is 0. The van der Waals surface area contributed by atoms with E-state index >= 15 is 0 Å². The van der Waals surface area contributed by atoms with E-state index in [1.165, 1.54) is 77.0 Å². The molecule has 132 valence electrons. The van der Waals surface area contributed by atoms with Crippen LogP contribution in [0, 0.1) is 18.3 Å². The summed E-state index contributed by atoms with van der Waals surface area (Å²) >= 11 is 0. The lowest BCUT2D eigenvalue weighted by Crippen LogP contribution is -2.11. The minimum atomic E-state index is -0.0681. The Labute approximate surface area is 144 Å². The van der Waals surface area contributed by atoms with Gasteiger partial charge in [0.1, 0.15) is 0 Å². The van der Waals surface area contributed by atoms with Crippen molar-refractivity contribution in [1.29, 1.82) is 0 Å². The zero-order valence-corrected chi connectivity index (χ0v) is 15.7. The van der Waals surface area contributed by atoms with Gasteiger partial charge in [-0.2, -0.15) is 10.2 Å². The summed E-state index contributed by atoms with van der Waals surface area (Å²) in [5.74, 6) is 3.65. The molecular formula is C21H38N2. The zero-order chi connectivity index (χ0) is 16.8. The molecule has 2 nitrogen and oxygen atoms in total. The maximum absolute atomic E-state index is 5.37. The largest absolute Gasteiger partial charge is 0.191 e. The zero-order valence-electron chi connectivity index (χ0n) is 15.7. The van der Waals surface area contributed by atoms with Gasteiger partial charge in [-0.25, -0.2) is 0 Å². The molecule has 0 saturated heterocycles. The van der Waals surface area contributed by atoms with Crippen molar-refractivity contribution in [2.45, 2.75) is 116 Å². The molecule has 0 fully saturated rings. The van der Waals surface area contributed by atoms with Crippen LogP contribution in [0.5, 0.6) is 0 Å². The predicted molar refractivity (Wildman–Crippen MR) is 101 cm³/mol. The van der Waals surface area contributed by atoms with E-state index in [0.717, 1.165) is 25.2 Å². The van der Waals surface area contributed by atoms with Crippen molar-refractivity contribution >= 4 is 0 Å². The normalized spacial score (nSPS) is 15.0. The molecule has 0 unspecified atom stereocenters. The van der Waals surface area contributed by atoms with Gasteiger partial charge < -0.3 is 0 Å². The van der Waals surface area contributed by atoms with Crippen molar-refractivity contribution in [1.82, 2.24) is 0 Å². The molecule has 0 saturated carbocycles. The molecule has 0 aromatic carbocycles. The van der Waals surface area contributed by atoms with Gasteiger partial charge in [-0.15, -0.1) is 12.3 Å². The Morgan fingerprint density at radius 2 is 1.35 bits per heavy atom. The highest BCUT2D eigenvalue weighted by molar-refractivity contribution is 4.97. The van der Waals surface area contributed by atoms with Crippen LogP contribution in [0.2, 0.25) is 0 Å². The Morgan fingerprint density at radius 1 is 0.783 bits per heavy atom. The molecule has 1 aliphatic heterocycles. The molecule has 0 atom stereocenters. The molecule has 0 amide bonds. The highest BCUT2D eigenvalue weighted by Gasteiger charge is 2.38. The van der Waals surface area contributed by atoms with Crippen molar-refractivity contribution in [3.63, 3.8) is 0 Å². The first-order valence-corrected chi connectivity index (χ1v) is 10.1. The van der Waals surface area contributed by atoms with E-state index in [-0.39, 0.29) is 5.66 Å². The van der Waals surface area contributed by atoms with Gasteiger partial charge in [-0.3, -0.25) is 0 Å². The van der Waals surface area contributed by atoms with E-state index in [2.05, 4.69) is 30.0 Å². The van der Waals surface area contributed by atoms with Crippen molar-refractivity contribution in [3.8, 4) is 12.3 Å². The van der Waals surface area contributed by atoms with Crippen molar-refractivity contribution < 1.29 is 0 Å². The molecule has 1 rings (SSSR count). The Kier molecular flexibility index (Phi) is 11.0. The molecule has 2 heteroatoms. The number of rotatable bonds is 16. The molecule has 1 heterocycles. The molecule has 1 aliphatic rings. The summed E-state index contributed by atoms with van der Waals surface area (Å²) in [7, 11) is 0. The summed E-state index contributed by atoms with van der Waals surface area (Å²) in [6.07, 6.45) is 24.9. The lowest BCUT2D eigenvalue weighted by molar-refractivity contribution is 0.355. The monoisotopic (exact) mass is 318 g/mol. The lowest BCUT2D eigenvalue weighted by Gasteiger charge is -2.18.